The van der Waals surface area contributed by atoms with Gasteiger partial charge >= 0.3 is 138 Å². The molecule has 4 nitrogen and oxygen atoms in total. The summed E-state index contributed by atoms with van der Waals surface area (Å²) in [5, 5.41) is 13.6. The predicted octanol–water partition coefficient (Wildman–Crippen LogP) is 3.72. The number of phenolic OH excluding ortho intramolecular Hbond substituents is 1. The number of hydrogen-bond donors (Lipinski definition) is 2. The van der Waals surface area contributed by atoms with Crippen molar-refractivity contribution < 1.29 is 5.11 Å². The van der Waals surface area contributed by atoms with Gasteiger partial charge in [-0.3, -0.25) is 0 Å². The first-order valence-electron chi connectivity index (χ1n) is 6.65. The number of halogens is 1. The van der Waals surface area contributed by atoms with Crippen molar-refractivity contribution in [3.63, 3.8) is 0 Å². The van der Waals surface area contributed by atoms with Crippen LogP contribution in [0, 0.1) is 0 Å². The van der Waals surface area contributed by atoms with E-state index >= 15 is 0 Å². The normalized spacial score (nSPS) is 12.5. The number of fused-ring (bicyclic) bond motifs is 1. The summed E-state index contributed by atoms with van der Waals surface area (Å²) in [5.41, 5.74) is 3.74. The van der Waals surface area contributed by atoms with Crippen molar-refractivity contribution in [1.82, 2.24) is 7.96 Å². The molecule has 0 spiro atoms. The van der Waals surface area contributed by atoms with E-state index in [2.05, 4.69) is 36.1 Å². The molecule has 0 bridgehead atoms. The number of rotatable bonds is 4. The van der Waals surface area contributed by atoms with Gasteiger partial charge in [0.2, 0.25) is 0 Å². The number of benzene rings is 2. The standard InChI is InChI=1S/C15H14BrN3OSe/c1-2-11(10-8-9(16)6-7-14(10)20)17-12-4-3-5-13-15(12)19-21-18-13/h3-8,11,17,20H,2H2,1H3. The second kappa shape index (κ2) is 6.18. The molecule has 2 aromatic carbocycles. The summed E-state index contributed by atoms with van der Waals surface area (Å²) in [5.74, 6) is 0.302. The molecule has 0 amide bonds. The van der Waals surface area contributed by atoms with Crippen LogP contribution in [0.2, 0.25) is 0 Å². The zero-order valence-electron chi connectivity index (χ0n) is 11.4. The summed E-state index contributed by atoms with van der Waals surface area (Å²) in [6.45, 7) is 2.09. The van der Waals surface area contributed by atoms with Crippen molar-refractivity contribution >= 4 is 47.6 Å². The van der Waals surface area contributed by atoms with Crippen LogP contribution < -0.4 is 5.32 Å². The van der Waals surface area contributed by atoms with E-state index < -0.39 is 0 Å². The number of anilines is 1. The van der Waals surface area contributed by atoms with Crippen LogP contribution in [0.15, 0.2) is 40.9 Å². The molecule has 1 aromatic heterocycles. The van der Waals surface area contributed by atoms with Gasteiger partial charge in [0.1, 0.15) is 0 Å². The molecule has 0 aliphatic rings. The molecular formula is C15H14BrN3OSe. The van der Waals surface area contributed by atoms with Gasteiger partial charge in [-0.25, -0.2) is 0 Å². The maximum atomic E-state index is 10.1. The Morgan fingerprint density at radius 2 is 2.14 bits per heavy atom. The van der Waals surface area contributed by atoms with Crippen LogP contribution in [0.1, 0.15) is 24.9 Å². The van der Waals surface area contributed by atoms with Crippen LogP contribution in [0.3, 0.4) is 0 Å². The van der Waals surface area contributed by atoms with Crippen molar-refractivity contribution in [3.8, 4) is 5.75 Å². The average molecular weight is 411 g/mol. The minimum atomic E-state index is -0.0419. The van der Waals surface area contributed by atoms with Crippen LogP contribution in [-0.2, 0) is 0 Å². The Morgan fingerprint density at radius 1 is 1.29 bits per heavy atom. The molecular weight excluding hydrogens is 397 g/mol. The van der Waals surface area contributed by atoms with Crippen LogP contribution in [0.5, 0.6) is 5.75 Å². The van der Waals surface area contributed by atoms with Crippen LogP contribution in [0.25, 0.3) is 11.0 Å². The number of nitrogens with one attached hydrogen (secondary N) is 1. The molecule has 1 heterocycles. The van der Waals surface area contributed by atoms with E-state index in [0.29, 0.717) is 5.75 Å². The number of aromatic hydroxyl groups is 1. The van der Waals surface area contributed by atoms with Gasteiger partial charge in [0.15, 0.2) is 0 Å². The average Bonchev–Trinajstić information content (AvgIpc) is 2.97. The quantitative estimate of drug-likeness (QED) is 0.643. The van der Waals surface area contributed by atoms with Crippen molar-refractivity contribution in [2.75, 3.05) is 5.32 Å². The second-order valence-electron chi connectivity index (χ2n) is 4.75. The third-order valence-corrected chi connectivity index (χ3v) is 5.02. The van der Waals surface area contributed by atoms with Crippen molar-refractivity contribution in [3.05, 3.63) is 46.4 Å². The number of nitrogens with zero attached hydrogens (tertiary/aromatic N) is 2. The first-order chi connectivity index (χ1) is 10.2. The molecule has 6 heteroatoms. The molecule has 1 unspecified atom stereocenters. The molecule has 0 aliphatic carbocycles. The van der Waals surface area contributed by atoms with Gasteiger partial charge < -0.3 is 0 Å². The zero-order valence-corrected chi connectivity index (χ0v) is 14.7. The molecule has 0 saturated heterocycles. The zero-order chi connectivity index (χ0) is 14.8. The third kappa shape index (κ3) is 2.98. The fraction of sp³-hybridized carbons (Fsp3) is 0.200. The van der Waals surface area contributed by atoms with Crippen LogP contribution in [0.4, 0.5) is 5.69 Å². The van der Waals surface area contributed by atoms with Crippen molar-refractivity contribution in [1.29, 1.82) is 0 Å². The van der Waals surface area contributed by atoms with Crippen molar-refractivity contribution in [2.45, 2.75) is 19.4 Å². The molecule has 0 radical (unpaired) electrons. The number of phenols is 1. The van der Waals surface area contributed by atoms with E-state index in [4.69, 9.17) is 0 Å². The Balaban J connectivity index is 1.98. The maximum absolute atomic E-state index is 10.1. The summed E-state index contributed by atoms with van der Waals surface area (Å²) in [6, 6.07) is 11.5. The van der Waals surface area contributed by atoms with Gasteiger partial charge in [-0.15, -0.1) is 0 Å². The molecule has 0 fully saturated rings. The molecule has 3 aromatic rings. The van der Waals surface area contributed by atoms with Gasteiger partial charge in [0.25, 0.3) is 0 Å². The van der Waals surface area contributed by atoms with E-state index in [-0.39, 0.29) is 21.0 Å². The molecule has 0 saturated carbocycles. The van der Waals surface area contributed by atoms with Gasteiger partial charge in [0.05, 0.1) is 0 Å². The Bertz CT molecular complexity index is 774. The molecule has 108 valence electrons. The van der Waals surface area contributed by atoms with Crippen molar-refractivity contribution in [2.24, 2.45) is 0 Å². The first kappa shape index (κ1) is 14.6. The van der Waals surface area contributed by atoms with Crippen LogP contribution >= 0.6 is 15.9 Å². The number of aromatic nitrogens is 2. The molecule has 3 rings (SSSR count). The first-order valence-corrected chi connectivity index (χ1v) is 8.97. The molecule has 0 aliphatic heterocycles. The van der Waals surface area contributed by atoms with Gasteiger partial charge in [-0.05, 0) is 0 Å². The monoisotopic (exact) mass is 411 g/mol. The van der Waals surface area contributed by atoms with Crippen LogP contribution in [-0.4, -0.2) is 28.0 Å². The molecule has 1 atom stereocenters. The van der Waals surface area contributed by atoms with Gasteiger partial charge in [0, 0.05) is 0 Å². The Morgan fingerprint density at radius 3 is 2.95 bits per heavy atom. The second-order valence-corrected chi connectivity index (χ2v) is 6.77. The predicted molar refractivity (Wildman–Crippen MR) is 88.9 cm³/mol. The minimum absolute atomic E-state index is 0.0253. The topological polar surface area (TPSA) is 58.0 Å². The Labute approximate surface area is 137 Å². The fourth-order valence-electron chi connectivity index (χ4n) is 2.31. The molecule has 2 N–H and O–H groups in total. The SMILES string of the molecule is CCC(Nc1cccc2n[se]nc12)c1cc(Br)ccc1O. The summed E-state index contributed by atoms with van der Waals surface area (Å²) in [7, 11) is 0. The molecule has 21 heavy (non-hydrogen) atoms. The van der Waals surface area contributed by atoms with Gasteiger partial charge in [-0.1, -0.05) is 0 Å². The van der Waals surface area contributed by atoms with E-state index in [0.717, 1.165) is 33.2 Å². The summed E-state index contributed by atoms with van der Waals surface area (Å²) in [6.07, 6.45) is 0.857. The summed E-state index contributed by atoms with van der Waals surface area (Å²) < 4.78 is 9.83. The number of hydrogen-bond acceptors (Lipinski definition) is 4. The Hall–Kier alpha value is -1.36. The van der Waals surface area contributed by atoms with Gasteiger partial charge in [-0.2, -0.15) is 0 Å². The fourth-order valence-corrected chi connectivity index (χ4v) is 3.85. The Kier molecular flexibility index (Phi) is 4.29. The van der Waals surface area contributed by atoms with E-state index in [1.54, 1.807) is 6.07 Å². The van der Waals surface area contributed by atoms with E-state index in [1.165, 1.54) is 0 Å². The summed E-state index contributed by atoms with van der Waals surface area (Å²) >= 11 is 3.42. The summed E-state index contributed by atoms with van der Waals surface area (Å²) in [4.78, 5) is 0. The van der Waals surface area contributed by atoms with E-state index in [1.807, 2.05) is 30.3 Å². The third-order valence-electron chi connectivity index (χ3n) is 3.39. The van der Waals surface area contributed by atoms with E-state index in [9.17, 15) is 5.11 Å².